The Morgan fingerprint density at radius 2 is 2.00 bits per heavy atom. The summed E-state index contributed by atoms with van der Waals surface area (Å²) in [7, 11) is 0. The van der Waals surface area contributed by atoms with Crippen molar-refractivity contribution < 1.29 is 14.3 Å². The second-order valence-electron chi connectivity index (χ2n) is 5.99. The van der Waals surface area contributed by atoms with Gasteiger partial charge in [-0.2, -0.15) is 0 Å². The topological polar surface area (TPSA) is 58.6 Å². The van der Waals surface area contributed by atoms with Gasteiger partial charge < -0.3 is 10.1 Å². The molecule has 2 heterocycles. The van der Waals surface area contributed by atoms with E-state index >= 15 is 0 Å². The monoisotopic (exact) mass is 370 g/mol. The molecule has 1 atom stereocenters. The number of nitrogens with zero attached hydrogens (tertiary/aromatic N) is 1. The number of benzene rings is 1. The Hall–Kier alpha value is -2.60. The van der Waals surface area contributed by atoms with E-state index in [0.717, 1.165) is 12.0 Å². The second kappa shape index (κ2) is 8.19. The van der Waals surface area contributed by atoms with Crippen LogP contribution >= 0.6 is 11.3 Å². The smallest absolute Gasteiger partial charge is 0.338 e. The van der Waals surface area contributed by atoms with Gasteiger partial charge >= 0.3 is 12.0 Å². The number of urea groups is 1. The summed E-state index contributed by atoms with van der Waals surface area (Å²) in [6.45, 7) is 4.40. The van der Waals surface area contributed by atoms with Crippen molar-refractivity contribution >= 4 is 23.3 Å². The Bertz CT molecular complexity index is 800. The molecule has 2 aromatic rings. The van der Waals surface area contributed by atoms with Gasteiger partial charge in [0, 0.05) is 17.1 Å². The first kappa shape index (κ1) is 18.2. The zero-order valence-corrected chi connectivity index (χ0v) is 15.7. The Balaban J connectivity index is 1.93. The summed E-state index contributed by atoms with van der Waals surface area (Å²) in [6, 6.07) is 12.8. The fourth-order valence-corrected chi connectivity index (χ4v) is 3.79. The SMILES string of the molecule is CCOC(=O)C1=C(C)N(CCc2cccs2)C(=O)N[C@@H]1c1ccccc1. The Labute approximate surface area is 157 Å². The number of carbonyl (C=O) groups excluding carboxylic acids is 2. The molecule has 0 aliphatic carbocycles. The summed E-state index contributed by atoms with van der Waals surface area (Å²) >= 11 is 1.66. The molecule has 5 nitrogen and oxygen atoms in total. The molecular formula is C20H22N2O3S. The number of esters is 1. The van der Waals surface area contributed by atoms with Gasteiger partial charge in [0.15, 0.2) is 0 Å². The van der Waals surface area contributed by atoms with Crippen LogP contribution in [-0.2, 0) is 16.0 Å². The number of thiophene rings is 1. The molecule has 0 spiro atoms. The van der Waals surface area contributed by atoms with E-state index < -0.39 is 6.04 Å². The number of amides is 2. The lowest BCUT2D eigenvalue weighted by Gasteiger charge is -2.35. The average Bonchev–Trinajstić information content (AvgIpc) is 3.15. The summed E-state index contributed by atoms with van der Waals surface area (Å²) in [6.07, 6.45) is 0.745. The molecule has 6 heteroatoms. The number of rotatable bonds is 6. The second-order valence-corrected chi connectivity index (χ2v) is 7.03. The number of ether oxygens (including phenoxy) is 1. The van der Waals surface area contributed by atoms with Gasteiger partial charge in [0.1, 0.15) is 0 Å². The predicted octanol–water partition coefficient (Wildman–Crippen LogP) is 3.89. The summed E-state index contributed by atoms with van der Waals surface area (Å²) < 4.78 is 5.26. The van der Waals surface area contributed by atoms with E-state index in [1.54, 1.807) is 23.2 Å². The first-order valence-electron chi connectivity index (χ1n) is 8.65. The fourth-order valence-electron chi connectivity index (χ4n) is 3.10. The van der Waals surface area contributed by atoms with Gasteiger partial charge in [-0.25, -0.2) is 9.59 Å². The molecule has 3 rings (SSSR count). The zero-order chi connectivity index (χ0) is 18.5. The largest absolute Gasteiger partial charge is 0.463 e. The summed E-state index contributed by atoms with van der Waals surface area (Å²) in [5.74, 6) is -0.389. The summed E-state index contributed by atoms with van der Waals surface area (Å²) in [5.41, 5.74) is 2.00. The molecular weight excluding hydrogens is 348 g/mol. The van der Waals surface area contributed by atoms with Crippen LogP contribution in [0.4, 0.5) is 4.79 Å². The van der Waals surface area contributed by atoms with Crippen molar-refractivity contribution in [3.8, 4) is 0 Å². The summed E-state index contributed by atoms with van der Waals surface area (Å²) in [5, 5.41) is 4.98. The number of hydrogen-bond acceptors (Lipinski definition) is 4. The van der Waals surface area contributed by atoms with E-state index in [-0.39, 0.29) is 12.0 Å². The molecule has 1 aromatic carbocycles. The first-order valence-corrected chi connectivity index (χ1v) is 9.53. The number of carbonyl (C=O) groups is 2. The Morgan fingerprint density at radius 3 is 2.65 bits per heavy atom. The van der Waals surface area contributed by atoms with Crippen molar-refractivity contribution in [1.29, 1.82) is 0 Å². The van der Waals surface area contributed by atoms with E-state index in [0.29, 0.717) is 24.4 Å². The van der Waals surface area contributed by atoms with Crippen molar-refractivity contribution in [3.05, 3.63) is 69.6 Å². The maximum Gasteiger partial charge on any atom is 0.338 e. The van der Waals surface area contributed by atoms with Crippen LogP contribution in [0, 0.1) is 0 Å². The van der Waals surface area contributed by atoms with Gasteiger partial charge in [-0.1, -0.05) is 36.4 Å². The molecule has 1 aromatic heterocycles. The van der Waals surface area contributed by atoms with Crippen molar-refractivity contribution in [1.82, 2.24) is 10.2 Å². The maximum absolute atomic E-state index is 12.7. The number of hydrogen-bond donors (Lipinski definition) is 1. The highest BCUT2D eigenvalue weighted by molar-refractivity contribution is 7.09. The van der Waals surface area contributed by atoms with Crippen LogP contribution in [0.3, 0.4) is 0 Å². The van der Waals surface area contributed by atoms with E-state index in [9.17, 15) is 9.59 Å². The van der Waals surface area contributed by atoms with Crippen LogP contribution in [0.25, 0.3) is 0 Å². The minimum Gasteiger partial charge on any atom is -0.463 e. The Morgan fingerprint density at radius 1 is 1.23 bits per heavy atom. The normalized spacial score (nSPS) is 17.2. The van der Waals surface area contributed by atoms with Crippen molar-refractivity contribution in [3.63, 3.8) is 0 Å². The van der Waals surface area contributed by atoms with Gasteiger partial charge in [-0.05, 0) is 37.3 Å². The van der Waals surface area contributed by atoms with Gasteiger partial charge in [0.25, 0.3) is 0 Å². The fraction of sp³-hybridized carbons (Fsp3) is 0.300. The third-order valence-electron chi connectivity index (χ3n) is 4.39. The van der Waals surface area contributed by atoms with Crippen molar-refractivity contribution in [2.75, 3.05) is 13.2 Å². The molecule has 136 valence electrons. The van der Waals surface area contributed by atoms with E-state index in [4.69, 9.17) is 4.74 Å². The molecule has 1 aliphatic rings. The van der Waals surface area contributed by atoms with Crippen LogP contribution in [0.1, 0.15) is 30.3 Å². The molecule has 1 N–H and O–H groups in total. The maximum atomic E-state index is 12.7. The van der Waals surface area contributed by atoms with E-state index in [1.165, 1.54) is 4.88 Å². The molecule has 0 saturated heterocycles. The summed E-state index contributed by atoms with van der Waals surface area (Å²) in [4.78, 5) is 28.2. The Kier molecular flexibility index (Phi) is 5.73. The molecule has 0 saturated carbocycles. The van der Waals surface area contributed by atoms with Crippen molar-refractivity contribution in [2.24, 2.45) is 0 Å². The van der Waals surface area contributed by atoms with Crippen LogP contribution in [0.2, 0.25) is 0 Å². The lowest BCUT2D eigenvalue weighted by molar-refractivity contribution is -0.139. The highest BCUT2D eigenvalue weighted by Crippen LogP contribution is 2.31. The van der Waals surface area contributed by atoms with Crippen LogP contribution in [0.5, 0.6) is 0 Å². The van der Waals surface area contributed by atoms with Crippen molar-refractivity contribution in [2.45, 2.75) is 26.3 Å². The van der Waals surface area contributed by atoms with Gasteiger partial charge in [0.2, 0.25) is 0 Å². The molecule has 0 radical (unpaired) electrons. The average molecular weight is 370 g/mol. The minimum atomic E-state index is -0.499. The minimum absolute atomic E-state index is 0.194. The lowest BCUT2D eigenvalue weighted by Crippen LogP contribution is -2.48. The van der Waals surface area contributed by atoms with E-state index in [2.05, 4.69) is 5.32 Å². The number of allylic oxidation sites excluding steroid dienone is 1. The molecule has 26 heavy (non-hydrogen) atoms. The van der Waals surface area contributed by atoms with Crippen LogP contribution in [0.15, 0.2) is 59.1 Å². The van der Waals surface area contributed by atoms with E-state index in [1.807, 2.05) is 54.8 Å². The lowest BCUT2D eigenvalue weighted by atomic mass is 9.95. The third-order valence-corrected chi connectivity index (χ3v) is 5.32. The van der Waals surface area contributed by atoms with Gasteiger partial charge in [-0.3, -0.25) is 4.90 Å². The number of nitrogens with one attached hydrogen (secondary N) is 1. The standard InChI is InChI=1S/C20H22N2O3S/c1-3-25-19(23)17-14(2)22(12-11-16-10-7-13-26-16)20(24)21-18(17)15-8-5-4-6-9-15/h4-10,13,18H,3,11-12H2,1-2H3,(H,21,24)/t18-/m1/s1. The predicted molar refractivity (Wildman–Crippen MR) is 102 cm³/mol. The zero-order valence-electron chi connectivity index (χ0n) is 14.9. The molecule has 2 amide bonds. The van der Waals surface area contributed by atoms with Crippen LogP contribution < -0.4 is 5.32 Å². The molecule has 0 fully saturated rings. The quantitative estimate of drug-likeness (QED) is 0.785. The highest BCUT2D eigenvalue weighted by Gasteiger charge is 2.36. The molecule has 0 unspecified atom stereocenters. The van der Waals surface area contributed by atoms with Gasteiger partial charge in [-0.15, -0.1) is 11.3 Å². The third kappa shape index (κ3) is 3.80. The molecule has 0 bridgehead atoms. The van der Waals surface area contributed by atoms with Crippen LogP contribution in [-0.4, -0.2) is 30.1 Å². The highest BCUT2D eigenvalue weighted by atomic mass is 32.1. The first-order chi connectivity index (χ1) is 12.6. The van der Waals surface area contributed by atoms with Gasteiger partial charge in [0.05, 0.1) is 18.2 Å². The molecule has 1 aliphatic heterocycles.